The molecule has 0 unspecified atom stereocenters. The number of hydrogen-bond acceptors (Lipinski definition) is 5. The van der Waals surface area contributed by atoms with Gasteiger partial charge in [-0.05, 0) is 12.8 Å². The highest BCUT2D eigenvalue weighted by Crippen LogP contribution is 2.35. The predicted molar refractivity (Wildman–Crippen MR) is 61.8 cm³/mol. The van der Waals surface area contributed by atoms with Crippen LogP contribution < -0.4 is 10.6 Å². The van der Waals surface area contributed by atoms with Crippen LogP contribution in [-0.4, -0.2) is 27.8 Å². The number of nitrogens with one attached hydrogen (secondary N) is 1. The highest BCUT2D eigenvalue weighted by Gasteiger charge is 2.38. The Morgan fingerprint density at radius 3 is 2.61 bits per heavy atom. The zero-order valence-corrected chi connectivity index (χ0v) is 10.2. The molecule has 100 valence electrons. The third kappa shape index (κ3) is 3.09. The van der Waals surface area contributed by atoms with Gasteiger partial charge in [-0.15, -0.1) is 0 Å². The molecule has 1 saturated carbocycles. The van der Waals surface area contributed by atoms with Crippen molar-refractivity contribution in [3.63, 3.8) is 0 Å². The highest BCUT2D eigenvalue weighted by atomic mass is 32.1. The molecule has 1 aromatic heterocycles. The minimum atomic E-state index is -4.51. The van der Waals surface area contributed by atoms with E-state index in [-0.39, 0.29) is 17.0 Å². The highest BCUT2D eigenvalue weighted by molar-refractivity contribution is 7.09. The van der Waals surface area contributed by atoms with Crippen LogP contribution in [0.25, 0.3) is 0 Å². The Labute approximate surface area is 105 Å². The zero-order valence-electron chi connectivity index (χ0n) is 9.37. The van der Waals surface area contributed by atoms with Crippen molar-refractivity contribution in [3.8, 4) is 0 Å². The molecule has 1 heterocycles. The van der Waals surface area contributed by atoms with Crippen LogP contribution in [0.3, 0.4) is 0 Å². The van der Waals surface area contributed by atoms with E-state index in [2.05, 4.69) is 9.36 Å². The van der Waals surface area contributed by atoms with Gasteiger partial charge in [0.1, 0.15) is 0 Å². The number of nitrogens with two attached hydrogens (primary N) is 1. The molecule has 0 atom stereocenters. The van der Waals surface area contributed by atoms with Crippen LogP contribution in [0.1, 0.15) is 25.1 Å². The second-order valence-electron chi connectivity index (χ2n) is 4.10. The molecule has 3 N–H and O–H groups in total. The first-order chi connectivity index (χ1) is 8.38. The third-order valence-corrected chi connectivity index (χ3v) is 3.28. The molecule has 5 nitrogen and oxygen atoms in total. The van der Waals surface area contributed by atoms with Gasteiger partial charge in [0, 0.05) is 30.5 Å². The van der Waals surface area contributed by atoms with Crippen molar-refractivity contribution in [3.05, 3.63) is 5.82 Å². The van der Waals surface area contributed by atoms with Gasteiger partial charge in [-0.3, -0.25) is 5.41 Å². The average molecular weight is 279 g/mol. The zero-order chi connectivity index (χ0) is 13.3. The summed E-state index contributed by atoms with van der Waals surface area (Å²) in [5, 5.41) is 7.41. The molecule has 1 aromatic rings. The molecule has 0 radical (unpaired) electrons. The summed E-state index contributed by atoms with van der Waals surface area (Å²) in [6.07, 6.45) is -2.33. The minimum absolute atomic E-state index is 0.0150. The fraction of sp³-hybridized carbons (Fsp3) is 0.667. The topological polar surface area (TPSA) is 78.9 Å². The van der Waals surface area contributed by atoms with Crippen LogP contribution in [0.5, 0.6) is 0 Å². The van der Waals surface area contributed by atoms with Crippen LogP contribution in [0.4, 0.5) is 18.3 Å². The van der Waals surface area contributed by atoms with Gasteiger partial charge in [-0.25, -0.2) is 0 Å². The van der Waals surface area contributed by atoms with E-state index in [1.807, 2.05) is 0 Å². The maximum atomic E-state index is 12.4. The summed E-state index contributed by atoms with van der Waals surface area (Å²) in [5.74, 6) is -1.09. The number of halogens is 3. The van der Waals surface area contributed by atoms with E-state index in [4.69, 9.17) is 11.1 Å². The molecule has 0 spiro atoms. The molecule has 0 saturated heterocycles. The Morgan fingerprint density at radius 1 is 1.50 bits per heavy atom. The van der Waals surface area contributed by atoms with Crippen molar-refractivity contribution in [2.24, 2.45) is 5.73 Å². The van der Waals surface area contributed by atoms with Crippen LogP contribution in [0.15, 0.2) is 0 Å². The fourth-order valence-electron chi connectivity index (χ4n) is 1.51. The van der Waals surface area contributed by atoms with Crippen LogP contribution >= 0.6 is 11.5 Å². The first kappa shape index (κ1) is 13.1. The molecule has 2 rings (SSSR count). The maximum Gasteiger partial charge on any atom is 0.452 e. The lowest BCUT2D eigenvalue weighted by Crippen LogP contribution is -2.29. The van der Waals surface area contributed by atoms with E-state index in [1.54, 1.807) is 4.90 Å². The molecule has 0 amide bonds. The van der Waals surface area contributed by atoms with E-state index in [0.29, 0.717) is 13.0 Å². The maximum absolute atomic E-state index is 12.4. The van der Waals surface area contributed by atoms with Gasteiger partial charge in [0.25, 0.3) is 0 Å². The molecule has 1 aliphatic rings. The molecule has 0 aliphatic heterocycles. The molecule has 18 heavy (non-hydrogen) atoms. The van der Waals surface area contributed by atoms with Gasteiger partial charge in [-0.1, -0.05) is 0 Å². The monoisotopic (exact) mass is 279 g/mol. The average Bonchev–Trinajstić information content (AvgIpc) is 2.93. The van der Waals surface area contributed by atoms with Crippen LogP contribution in [-0.2, 0) is 6.18 Å². The van der Waals surface area contributed by atoms with E-state index in [0.717, 1.165) is 24.4 Å². The summed E-state index contributed by atoms with van der Waals surface area (Å²) in [7, 11) is 0. The molecular weight excluding hydrogens is 267 g/mol. The summed E-state index contributed by atoms with van der Waals surface area (Å²) in [4.78, 5) is 5.28. The summed E-state index contributed by atoms with van der Waals surface area (Å²) in [5.41, 5.74) is 5.26. The SMILES string of the molecule is N=C(N)CCN(c1nc(C(F)(F)F)ns1)C1CC1. The lowest BCUT2D eigenvalue weighted by molar-refractivity contribution is -0.144. The van der Waals surface area contributed by atoms with Gasteiger partial charge in [0.05, 0.1) is 5.84 Å². The van der Waals surface area contributed by atoms with Crippen molar-refractivity contribution in [2.45, 2.75) is 31.5 Å². The Balaban J connectivity index is 2.10. The van der Waals surface area contributed by atoms with Gasteiger partial charge in [0.15, 0.2) is 0 Å². The molecule has 1 fully saturated rings. The summed E-state index contributed by atoms with van der Waals surface area (Å²) in [6.45, 7) is 0.409. The van der Waals surface area contributed by atoms with Gasteiger partial charge < -0.3 is 10.6 Å². The second kappa shape index (κ2) is 4.71. The molecule has 1 aliphatic carbocycles. The number of alkyl halides is 3. The van der Waals surface area contributed by atoms with E-state index >= 15 is 0 Å². The normalized spacial score (nSPS) is 15.7. The lowest BCUT2D eigenvalue weighted by Gasteiger charge is -2.20. The van der Waals surface area contributed by atoms with E-state index < -0.39 is 12.0 Å². The van der Waals surface area contributed by atoms with Gasteiger partial charge in [0.2, 0.25) is 11.0 Å². The van der Waals surface area contributed by atoms with E-state index in [9.17, 15) is 13.2 Å². The van der Waals surface area contributed by atoms with Crippen molar-refractivity contribution >= 4 is 22.5 Å². The second-order valence-corrected chi connectivity index (χ2v) is 4.83. The third-order valence-electron chi connectivity index (χ3n) is 2.52. The van der Waals surface area contributed by atoms with Crippen LogP contribution in [0.2, 0.25) is 0 Å². The number of amidine groups is 1. The first-order valence-electron chi connectivity index (χ1n) is 5.38. The number of nitrogens with zero attached hydrogens (tertiary/aromatic N) is 3. The smallest absolute Gasteiger partial charge is 0.388 e. The molecule has 9 heteroatoms. The molecular formula is C9H12F3N5S. The summed E-state index contributed by atoms with van der Waals surface area (Å²) < 4.78 is 40.5. The van der Waals surface area contributed by atoms with Crippen molar-refractivity contribution in [1.82, 2.24) is 9.36 Å². The number of aromatic nitrogens is 2. The summed E-state index contributed by atoms with van der Waals surface area (Å²) in [6, 6.07) is 0.207. The van der Waals surface area contributed by atoms with Crippen LogP contribution in [0, 0.1) is 5.41 Å². The first-order valence-corrected chi connectivity index (χ1v) is 6.15. The fourth-order valence-corrected chi connectivity index (χ4v) is 2.29. The van der Waals surface area contributed by atoms with Crippen molar-refractivity contribution in [1.29, 1.82) is 5.41 Å². The minimum Gasteiger partial charge on any atom is -0.388 e. The lowest BCUT2D eigenvalue weighted by atomic mass is 10.3. The Morgan fingerprint density at radius 2 is 2.17 bits per heavy atom. The largest absolute Gasteiger partial charge is 0.452 e. The standard InChI is InChI=1S/C9H12F3N5S/c10-9(11,12)7-15-8(18-16-7)17(5-1-2-5)4-3-6(13)14/h5H,1-4H2,(H3,13,14). The van der Waals surface area contributed by atoms with Crippen molar-refractivity contribution < 1.29 is 13.2 Å². The van der Waals surface area contributed by atoms with Crippen molar-refractivity contribution in [2.75, 3.05) is 11.4 Å². The van der Waals surface area contributed by atoms with Gasteiger partial charge in [-0.2, -0.15) is 22.5 Å². The molecule has 0 aromatic carbocycles. The number of rotatable bonds is 5. The van der Waals surface area contributed by atoms with E-state index in [1.165, 1.54) is 0 Å². The predicted octanol–water partition coefficient (Wildman–Crippen LogP) is 1.85. The number of hydrogen-bond donors (Lipinski definition) is 2. The van der Waals surface area contributed by atoms with Gasteiger partial charge >= 0.3 is 6.18 Å². The molecule has 0 bridgehead atoms. The summed E-state index contributed by atoms with van der Waals surface area (Å²) >= 11 is 0.738. The Kier molecular flexibility index (Phi) is 3.42. The Bertz CT molecular complexity index is 440. The number of anilines is 1. The quantitative estimate of drug-likeness (QED) is 0.637. The Hall–Kier alpha value is -1.38.